The fourth-order valence-corrected chi connectivity index (χ4v) is 3.38. The Morgan fingerprint density at radius 1 is 1.03 bits per heavy atom. The minimum atomic E-state index is -3.74. The molecule has 0 spiro atoms. The summed E-state index contributed by atoms with van der Waals surface area (Å²) in [7, 11) is -2.16. The van der Waals surface area contributed by atoms with Crippen LogP contribution in [0.3, 0.4) is 0 Å². The zero-order chi connectivity index (χ0) is 20.4. The first-order valence-corrected chi connectivity index (χ1v) is 10.1. The lowest BCUT2D eigenvalue weighted by atomic mass is 10.1. The summed E-state index contributed by atoms with van der Waals surface area (Å²) in [5, 5.41) is 8.97. The van der Waals surface area contributed by atoms with Gasteiger partial charge in [0.25, 0.3) is 0 Å². The first-order valence-electron chi connectivity index (χ1n) is 8.60. The molecular formula is C20H17N5O3S. The second kappa shape index (κ2) is 7.46. The molecule has 2 heterocycles. The minimum absolute atomic E-state index is 0.0335. The summed E-state index contributed by atoms with van der Waals surface area (Å²) in [5.41, 5.74) is 2.99. The van der Waals surface area contributed by atoms with Crippen LogP contribution in [0.15, 0.2) is 71.9 Å². The molecule has 0 aliphatic heterocycles. The van der Waals surface area contributed by atoms with Gasteiger partial charge in [-0.2, -0.15) is 0 Å². The number of ether oxygens (including phenoxy) is 1. The van der Waals surface area contributed by atoms with Gasteiger partial charge in [0, 0.05) is 29.0 Å². The molecule has 8 nitrogen and oxygen atoms in total. The molecule has 0 saturated heterocycles. The lowest BCUT2D eigenvalue weighted by Gasteiger charge is -2.10. The van der Waals surface area contributed by atoms with E-state index in [0.717, 1.165) is 16.6 Å². The zero-order valence-electron chi connectivity index (χ0n) is 15.4. The van der Waals surface area contributed by atoms with Crippen LogP contribution < -0.4 is 15.2 Å². The van der Waals surface area contributed by atoms with Crippen molar-refractivity contribution in [3.8, 4) is 17.0 Å². The highest BCUT2D eigenvalue weighted by molar-refractivity contribution is 7.89. The number of methoxy groups -OCH3 is 1. The first-order chi connectivity index (χ1) is 13.9. The highest BCUT2D eigenvalue weighted by Gasteiger charge is 2.11. The number of fused-ring (bicyclic) bond motifs is 1. The van der Waals surface area contributed by atoms with E-state index in [1.54, 1.807) is 31.6 Å². The third kappa shape index (κ3) is 4.00. The number of rotatable bonds is 5. The number of nitrogens with two attached hydrogens (primary N) is 1. The largest absolute Gasteiger partial charge is 0.494 e. The molecule has 0 atom stereocenters. The number of benzene rings is 2. The van der Waals surface area contributed by atoms with Crippen LogP contribution in [0.4, 0.5) is 11.6 Å². The number of primary sulfonamides is 1. The zero-order valence-corrected chi connectivity index (χ0v) is 16.2. The molecule has 0 amide bonds. The van der Waals surface area contributed by atoms with E-state index in [-0.39, 0.29) is 4.90 Å². The van der Waals surface area contributed by atoms with E-state index in [9.17, 15) is 8.42 Å². The standard InChI is InChI=1S/C20H17N5O3S/c1-28-18-11-13(17-4-2-3-9-22-17)10-14-12-23-20(25-19(14)18)24-15-5-7-16(8-6-15)29(21,26)27/h2-12H,1H3,(H2,21,26,27)(H,23,24,25). The molecule has 0 unspecified atom stereocenters. The van der Waals surface area contributed by atoms with E-state index in [2.05, 4.69) is 20.3 Å². The van der Waals surface area contributed by atoms with Crippen molar-refractivity contribution in [1.29, 1.82) is 0 Å². The van der Waals surface area contributed by atoms with Crippen LogP contribution >= 0.6 is 0 Å². The number of nitrogens with one attached hydrogen (secondary N) is 1. The van der Waals surface area contributed by atoms with Crippen molar-refractivity contribution < 1.29 is 13.2 Å². The van der Waals surface area contributed by atoms with Crippen molar-refractivity contribution >= 4 is 32.6 Å². The molecule has 3 N–H and O–H groups in total. The Morgan fingerprint density at radius 2 is 1.83 bits per heavy atom. The van der Waals surface area contributed by atoms with Gasteiger partial charge in [0.15, 0.2) is 0 Å². The molecule has 9 heteroatoms. The SMILES string of the molecule is COc1cc(-c2ccccn2)cc2cnc(Nc3ccc(S(N)(=O)=O)cc3)nc12. The number of aromatic nitrogens is 3. The highest BCUT2D eigenvalue weighted by Crippen LogP contribution is 2.31. The molecule has 0 bridgehead atoms. The summed E-state index contributed by atoms with van der Waals surface area (Å²) in [4.78, 5) is 13.3. The molecule has 0 aliphatic carbocycles. The molecule has 2 aromatic carbocycles. The fourth-order valence-electron chi connectivity index (χ4n) is 2.87. The van der Waals surface area contributed by atoms with Crippen molar-refractivity contribution in [2.24, 2.45) is 5.14 Å². The topological polar surface area (TPSA) is 120 Å². The summed E-state index contributed by atoms with van der Waals surface area (Å²) in [6.45, 7) is 0. The van der Waals surface area contributed by atoms with Gasteiger partial charge in [0.05, 0.1) is 17.7 Å². The van der Waals surface area contributed by atoms with Crippen LogP contribution in [0.25, 0.3) is 22.2 Å². The quantitative estimate of drug-likeness (QED) is 0.521. The number of pyridine rings is 1. The molecule has 4 aromatic rings. The van der Waals surface area contributed by atoms with E-state index in [1.807, 2.05) is 30.3 Å². The van der Waals surface area contributed by atoms with Gasteiger partial charge in [0.2, 0.25) is 16.0 Å². The van der Waals surface area contributed by atoms with Crippen molar-refractivity contribution in [3.63, 3.8) is 0 Å². The Kier molecular flexibility index (Phi) is 4.83. The maximum Gasteiger partial charge on any atom is 0.238 e. The van der Waals surface area contributed by atoms with E-state index < -0.39 is 10.0 Å². The molecule has 0 fully saturated rings. The third-order valence-electron chi connectivity index (χ3n) is 4.27. The van der Waals surface area contributed by atoms with Crippen LogP contribution in [0.1, 0.15) is 0 Å². The Bertz CT molecular complexity index is 1280. The Labute approximate surface area is 167 Å². The Hall–Kier alpha value is -3.56. The number of hydrogen-bond donors (Lipinski definition) is 2. The predicted octanol–water partition coefficient (Wildman–Crippen LogP) is 3.09. The number of sulfonamides is 1. The van der Waals surface area contributed by atoms with Gasteiger partial charge in [-0.1, -0.05) is 6.07 Å². The van der Waals surface area contributed by atoms with E-state index >= 15 is 0 Å². The number of nitrogens with zero attached hydrogens (tertiary/aromatic N) is 3. The number of anilines is 2. The van der Waals surface area contributed by atoms with Gasteiger partial charge in [-0.05, 0) is 48.5 Å². The molecule has 0 saturated carbocycles. The maximum atomic E-state index is 11.4. The second-order valence-electron chi connectivity index (χ2n) is 6.22. The normalized spacial score (nSPS) is 11.4. The lowest BCUT2D eigenvalue weighted by molar-refractivity contribution is 0.419. The van der Waals surface area contributed by atoms with Gasteiger partial charge in [-0.15, -0.1) is 0 Å². The molecule has 0 aliphatic rings. The summed E-state index contributed by atoms with van der Waals surface area (Å²) in [6, 6.07) is 15.5. The molecule has 2 aromatic heterocycles. The monoisotopic (exact) mass is 407 g/mol. The van der Waals surface area contributed by atoms with Gasteiger partial charge in [0.1, 0.15) is 11.3 Å². The van der Waals surface area contributed by atoms with Crippen LogP contribution in [0.2, 0.25) is 0 Å². The van der Waals surface area contributed by atoms with E-state index in [1.165, 1.54) is 12.1 Å². The summed E-state index contributed by atoms with van der Waals surface area (Å²) >= 11 is 0. The third-order valence-corrected chi connectivity index (χ3v) is 5.20. The highest BCUT2D eigenvalue weighted by atomic mass is 32.2. The summed E-state index contributed by atoms with van der Waals surface area (Å²) < 4.78 is 28.2. The van der Waals surface area contributed by atoms with Crippen molar-refractivity contribution in [2.45, 2.75) is 4.90 Å². The van der Waals surface area contributed by atoms with Gasteiger partial charge in [-0.3, -0.25) is 4.98 Å². The van der Waals surface area contributed by atoms with Gasteiger partial charge in [-0.25, -0.2) is 23.5 Å². The predicted molar refractivity (Wildman–Crippen MR) is 110 cm³/mol. The van der Waals surface area contributed by atoms with Gasteiger partial charge >= 0.3 is 0 Å². The molecular weight excluding hydrogens is 390 g/mol. The lowest BCUT2D eigenvalue weighted by Crippen LogP contribution is -2.11. The Balaban J connectivity index is 1.69. The maximum absolute atomic E-state index is 11.4. The van der Waals surface area contributed by atoms with Crippen LogP contribution in [0, 0.1) is 0 Å². The van der Waals surface area contributed by atoms with Crippen LogP contribution in [0.5, 0.6) is 5.75 Å². The van der Waals surface area contributed by atoms with E-state index in [4.69, 9.17) is 9.88 Å². The average molecular weight is 407 g/mol. The van der Waals surface area contributed by atoms with Crippen molar-refractivity contribution in [3.05, 3.63) is 67.0 Å². The molecule has 146 valence electrons. The van der Waals surface area contributed by atoms with E-state index in [0.29, 0.717) is 22.9 Å². The minimum Gasteiger partial charge on any atom is -0.494 e. The average Bonchev–Trinajstić information content (AvgIpc) is 2.73. The van der Waals surface area contributed by atoms with Crippen LogP contribution in [-0.2, 0) is 10.0 Å². The smallest absolute Gasteiger partial charge is 0.238 e. The molecule has 0 radical (unpaired) electrons. The second-order valence-corrected chi connectivity index (χ2v) is 7.78. The van der Waals surface area contributed by atoms with Crippen molar-refractivity contribution in [2.75, 3.05) is 12.4 Å². The molecule has 29 heavy (non-hydrogen) atoms. The number of hydrogen-bond acceptors (Lipinski definition) is 7. The first kappa shape index (κ1) is 18.8. The van der Waals surface area contributed by atoms with Gasteiger partial charge < -0.3 is 10.1 Å². The Morgan fingerprint density at radius 3 is 2.48 bits per heavy atom. The van der Waals surface area contributed by atoms with Crippen LogP contribution in [-0.4, -0.2) is 30.5 Å². The fraction of sp³-hybridized carbons (Fsp3) is 0.0500. The summed E-state index contributed by atoms with van der Waals surface area (Å²) in [6.07, 6.45) is 3.43. The summed E-state index contributed by atoms with van der Waals surface area (Å²) in [5.74, 6) is 0.947. The van der Waals surface area contributed by atoms with Crippen molar-refractivity contribution in [1.82, 2.24) is 15.0 Å². The molecule has 4 rings (SSSR count).